The van der Waals surface area contributed by atoms with Crippen LogP contribution in [0, 0.1) is 0 Å². The minimum absolute atomic E-state index is 0.00317. The van der Waals surface area contributed by atoms with Gasteiger partial charge >= 0.3 is 5.97 Å². The largest absolute Gasteiger partial charge is 0.459 e. The fourth-order valence-electron chi connectivity index (χ4n) is 2.13. The summed E-state index contributed by atoms with van der Waals surface area (Å²) in [6.07, 6.45) is 0.760. The Morgan fingerprint density at radius 3 is 2.63 bits per heavy atom. The van der Waals surface area contributed by atoms with E-state index in [0.717, 1.165) is 6.42 Å². The van der Waals surface area contributed by atoms with Crippen LogP contribution in [0.15, 0.2) is 9.59 Å². The number of carbonyl (C=O) groups is 1. The number of carbonyl (C=O) groups excluding carboxylic acids is 1. The third-order valence-electron chi connectivity index (χ3n) is 2.85. The van der Waals surface area contributed by atoms with Crippen LogP contribution in [0.5, 0.6) is 0 Å². The third kappa shape index (κ3) is 2.77. The van der Waals surface area contributed by atoms with Gasteiger partial charge in [-0.2, -0.15) is 0 Å². The van der Waals surface area contributed by atoms with Crippen LogP contribution in [0.1, 0.15) is 27.2 Å². The first-order chi connectivity index (χ1) is 8.79. The maximum atomic E-state index is 11.8. The van der Waals surface area contributed by atoms with Crippen molar-refractivity contribution in [1.82, 2.24) is 0 Å². The van der Waals surface area contributed by atoms with Crippen LogP contribution in [0.2, 0.25) is 0 Å². The van der Waals surface area contributed by atoms with Crippen LogP contribution < -0.4 is 21.1 Å². The van der Waals surface area contributed by atoms with E-state index in [4.69, 9.17) is 4.74 Å². The smallest absolute Gasteiger partial charge is 0.326 e. The topological polar surface area (TPSA) is 75.7 Å². The van der Waals surface area contributed by atoms with Gasteiger partial charge in [0.15, 0.2) is 0 Å². The zero-order valence-corrected chi connectivity index (χ0v) is 11.4. The van der Waals surface area contributed by atoms with Gasteiger partial charge in [-0.3, -0.25) is 14.4 Å². The number of nitrogens with one attached hydrogen (secondary N) is 1. The maximum absolute atomic E-state index is 11.8. The van der Waals surface area contributed by atoms with Crippen molar-refractivity contribution in [2.75, 3.05) is 29.9 Å². The molecule has 0 aliphatic carbocycles. The summed E-state index contributed by atoms with van der Waals surface area (Å²) in [6.45, 7) is 6.55. The lowest BCUT2D eigenvalue weighted by Crippen LogP contribution is -2.44. The maximum Gasteiger partial charge on any atom is 0.326 e. The van der Waals surface area contributed by atoms with Gasteiger partial charge in [0.25, 0.3) is 10.9 Å². The highest BCUT2D eigenvalue weighted by Gasteiger charge is 2.29. The molecule has 0 saturated carbocycles. The van der Waals surface area contributed by atoms with E-state index >= 15 is 0 Å². The summed E-state index contributed by atoms with van der Waals surface area (Å²) in [5, 5.41) is 2.93. The van der Waals surface area contributed by atoms with Crippen molar-refractivity contribution in [3.05, 3.63) is 20.4 Å². The average Bonchev–Trinajstić information content (AvgIpc) is 2.46. The Morgan fingerprint density at radius 2 is 2.00 bits per heavy atom. The number of esters is 1. The average molecular weight is 266 g/mol. The molecule has 0 amide bonds. The van der Waals surface area contributed by atoms with Crippen LogP contribution in [-0.4, -0.2) is 31.2 Å². The Labute approximate surface area is 111 Å². The summed E-state index contributed by atoms with van der Waals surface area (Å²) >= 11 is 0. The van der Waals surface area contributed by atoms with Gasteiger partial charge in [0.1, 0.15) is 23.5 Å². The summed E-state index contributed by atoms with van der Waals surface area (Å²) in [4.78, 5) is 36.4. The SMILES string of the molecule is CC(C)(C)OC(=O)CN1CCCNc2c1c(=O)c2=O. The Morgan fingerprint density at radius 1 is 1.32 bits per heavy atom. The first-order valence-electron chi connectivity index (χ1n) is 6.33. The van der Waals surface area contributed by atoms with Gasteiger partial charge in [0.05, 0.1) is 0 Å². The molecule has 0 saturated heterocycles. The minimum atomic E-state index is -0.558. The van der Waals surface area contributed by atoms with E-state index in [0.29, 0.717) is 24.5 Å². The standard InChI is InChI=1S/C13H18N2O4/c1-13(2,3)19-8(16)7-15-6-4-5-14-9-10(15)12(18)11(9)17/h14H,4-7H2,1-3H3. The fraction of sp³-hybridized carbons (Fsp3) is 0.615. The molecule has 1 aliphatic rings. The molecule has 0 aromatic heterocycles. The Bertz CT molecular complexity index is 564. The molecule has 104 valence electrons. The Hall–Kier alpha value is -1.85. The molecule has 0 bridgehead atoms. The minimum Gasteiger partial charge on any atom is -0.459 e. The van der Waals surface area contributed by atoms with Gasteiger partial charge in [0, 0.05) is 13.1 Å². The molecule has 1 heterocycles. The molecule has 0 atom stereocenters. The Balaban J connectivity index is 2.13. The van der Waals surface area contributed by atoms with Crippen molar-refractivity contribution in [3.8, 4) is 0 Å². The first-order valence-corrected chi connectivity index (χ1v) is 6.33. The summed E-state index contributed by atoms with van der Waals surface area (Å²) in [6, 6.07) is 0. The molecule has 1 aliphatic heterocycles. The van der Waals surface area contributed by atoms with E-state index in [1.165, 1.54) is 0 Å². The molecule has 1 N–H and O–H groups in total. The van der Waals surface area contributed by atoms with Crippen molar-refractivity contribution in [2.45, 2.75) is 32.8 Å². The van der Waals surface area contributed by atoms with Crippen molar-refractivity contribution >= 4 is 17.3 Å². The van der Waals surface area contributed by atoms with E-state index in [9.17, 15) is 14.4 Å². The fourth-order valence-corrected chi connectivity index (χ4v) is 2.13. The first kappa shape index (κ1) is 13.6. The molecule has 2 rings (SSSR count). The van der Waals surface area contributed by atoms with Crippen LogP contribution in [0.3, 0.4) is 0 Å². The lowest BCUT2D eigenvalue weighted by atomic mass is 10.1. The predicted octanol–water partition coefficient (Wildman–Crippen LogP) is 0.246. The highest BCUT2D eigenvalue weighted by molar-refractivity contribution is 5.82. The molecular formula is C13H18N2O4. The summed E-state index contributed by atoms with van der Waals surface area (Å²) in [7, 11) is 0. The van der Waals surface area contributed by atoms with Gasteiger partial charge in [-0.1, -0.05) is 0 Å². The summed E-state index contributed by atoms with van der Waals surface area (Å²) in [5.41, 5.74) is -0.906. The number of nitrogens with zero attached hydrogens (tertiary/aromatic N) is 1. The Kier molecular flexibility index (Phi) is 3.34. The highest BCUT2D eigenvalue weighted by Crippen LogP contribution is 2.23. The van der Waals surface area contributed by atoms with E-state index in [2.05, 4.69) is 5.32 Å². The summed E-state index contributed by atoms with van der Waals surface area (Å²) < 4.78 is 5.23. The normalized spacial score (nSPS) is 15.6. The van der Waals surface area contributed by atoms with Crippen LogP contribution >= 0.6 is 0 Å². The number of hydrogen-bond donors (Lipinski definition) is 1. The third-order valence-corrected chi connectivity index (χ3v) is 2.85. The van der Waals surface area contributed by atoms with Gasteiger partial charge in [-0.25, -0.2) is 0 Å². The van der Waals surface area contributed by atoms with E-state index < -0.39 is 22.4 Å². The quantitative estimate of drug-likeness (QED) is 0.610. The van der Waals surface area contributed by atoms with Gasteiger partial charge in [-0.15, -0.1) is 0 Å². The second-order valence-electron chi connectivity index (χ2n) is 5.67. The molecule has 0 fully saturated rings. The molecule has 19 heavy (non-hydrogen) atoms. The molecule has 6 nitrogen and oxygen atoms in total. The second-order valence-corrected chi connectivity index (χ2v) is 5.67. The lowest BCUT2D eigenvalue weighted by Gasteiger charge is -2.26. The summed E-state index contributed by atoms with van der Waals surface area (Å²) in [5.74, 6) is -0.395. The molecule has 0 spiro atoms. The molecule has 1 aromatic carbocycles. The van der Waals surface area contributed by atoms with E-state index in [-0.39, 0.29) is 6.54 Å². The number of ether oxygens (including phenoxy) is 1. The van der Waals surface area contributed by atoms with Gasteiger partial charge in [-0.05, 0) is 27.2 Å². The van der Waals surface area contributed by atoms with Crippen LogP contribution in [-0.2, 0) is 9.53 Å². The zero-order chi connectivity index (χ0) is 14.2. The second kappa shape index (κ2) is 4.68. The number of rotatable bonds is 2. The molecular weight excluding hydrogens is 248 g/mol. The monoisotopic (exact) mass is 266 g/mol. The van der Waals surface area contributed by atoms with Crippen molar-refractivity contribution < 1.29 is 9.53 Å². The van der Waals surface area contributed by atoms with Gasteiger partial charge in [0.2, 0.25) is 0 Å². The number of hydrogen-bond acceptors (Lipinski definition) is 6. The van der Waals surface area contributed by atoms with E-state index in [1.807, 2.05) is 0 Å². The van der Waals surface area contributed by atoms with Gasteiger partial charge < -0.3 is 15.0 Å². The zero-order valence-electron chi connectivity index (χ0n) is 11.4. The number of fused-ring (bicyclic) bond motifs is 1. The molecule has 6 heteroatoms. The van der Waals surface area contributed by atoms with Crippen molar-refractivity contribution in [2.24, 2.45) is 0 Å². The molecule has 0 radical (unpaired) electrons. The molecule has 0 unspecified atom stereocenters. The van der Waals surface area contributed by atoms with E-state index in [1.54, 1.807) is 25.7 Å². The van der Waals surface area contributed by atoms with Crippen LogP contribution in [0.4, 0.5) is 11.4 Å². The predicted molar refractivity (Wildman–Crippen MR) is 72.5 cm³/mol. The lowest BCUT2D eigenvalue weighted by molar-refractivity contribution is -0.153. The van der Waals surface area contributed by atoms with Crippen molar-refractivity contribution in [3.63, 3.8) is 0 Å². The molecule has 1 aromatic rings. The highest BCUT2D eigenvalue weighted by atomic mass is 16.6. The number of anilines is 2. The van der Waals surface area contributed by atoms with Crippen LogP contribution in [0.25, 0.3) is 0 Å². The van der Waals surface area contributed by atoms with Crippen molar-refractivity contribution in [1.29, 1.82) is 0 Å².